The maximum atomic E-state index is 13.1. The third-order valence-electron chi connectivity index (χ3n) is 7.39. The van der Waals surface area contributed by atoms with Crippen molar-refractivity contribution in [3.63, 3.8) is 0 Å². The summed E-state index contributed by atoms with van der Waals surface area (Å²) in [6.07, 6.45) is 4.52. The highest BCUT2D eigenvalue weighted by Gasteiger charge is 2.40. The molecular weight excluding hydrogens is 482 g/mol. The highest BCUT2D eigenvalue weighted by atomic mass is 32.2. The molecule has 10 heteroatoms. The number of amides is 1. The molecule has 1 saturated heterocycles. The van der Waals surface area contributed by atoms with Crippen LogP contribution >= 0.6 is 0 Å². The number of ether oxygens (including phenoxy) is 1. The van der Waals surface area contributed by atoms with Crippen LogP contribution in [0.25, 0.3) is 0 Å². The van der Waals surface area contributed by atoms with Crippen molar-refractivity contribution < 1.29 is 27.9 Å². The Morgan fingerprint density at radius 1 is 1.28 bits per heavy atom. The molecule has 0 aliphatic carbocycles. The average Bonchev–Trinajstić information content (AvgIpc) is 3.05. The van der Waals surface area contributed by atoms with E-state index in [9.17, 15) is 23.1 Å². The summed E-state index contributed by atoms with van der Waals surface area (Å²) < 4.78 is 31.8. The molecule has 1 amide bonds. The van der Waals surface area contributed by atoms with Gasteiger partial charge < -0.3 is 15.2 Å². The lowest BCUT2D eigenvalue weighted by molar-refractivity contribution is 0.0150. The van der Waals surface area contributed by atoms with E-state index < -0.39 is 21.2 Å². The van der Waals surface area contributed by atoms with Gasteiger partial charge in [-0.05, 0) is 66.7 Å². The Morgan fingerprint density at radius 2 is 1.97 bits per heavy atom. The van der Waals surface area contributed by atoms with Gasteiger partial charge in [0.2, 0.25) is 0 Å². The number of rotatable bonds is 7. The molecule has 9 nitrogen and oxygen atoms in total. The van der Waals surface area contributed by atoms with Crippen molar-refractivity contribution in [2.75, 3.05) is 26.0 Å². The number of carbonyl (C=O) groups excluding carboxylic acids is 1. The first kappa shape index (κ1) is 26.3. The van der Waals surface area contributed by atoms with E-state index >= 15 is 0 Å². The predicted molar refractivity (Wildman–Crippen MR) is 134 cm³/mol. The molecule has 36 heavy (non-hydrogen) atoms. The average molecular weight is 518 g/mol. The largest absolute Gasteiger partial charge is 0.478 e. The van der Waals surface area contributed by atoms with Crippen LogP contribution in [0, 0.1) is 10.8 Å². The number of carboxylic acid groups (broad SMARTS) is 1. The summed E-state index contributed by atoms with van der Waals surface area (Å²) in [5.74, 6) is -1.19. The van der Waals surface area contributed by atoms with E-state index in [2.05, 4.69) is 5.32 Å². The fourth-order valence-electron chi connectivity index (χ4n) is 5.44. The second-order valence-corrected chi connectivity index (χ2v) is 13.0. The highest BCUT2D eigenvalue weighted by Crippen LogP contribution is 2.38. The van der Waals surface area contributed by atoms with Crippen molar-refractivity contribution in [1.82, 2.24) is 15.1 Å². The zero-order valence-corrected chi connectivity index (χ0v) is 22.2. The number of fused-ring (bicyclic) bond motifs is 1. The molecule has 0 bridgehead atoms. The van der Waals surface area contributed by atoms with Gasteiger partial charge in [-0.3, -0.25) is 9.48 Å². The summed E-state index contributed by atoms with van der Waals surface area (Å²) in [5.41, 5.74) is 2.32. The number of hydrogen-bond donors (Lipinski definition) is 2. The minimum absolute atomic E-state index is 0.0770. The van der Waals surface area contributed by atoms with Gasteiger partial charge in [-0.25, -0.2) is 13.2 Å². The number of aromatic nitrogens is 2. The lowest BCUT2D eigenvalue weighted by Gasteiger charge is -2.36. The molecule has 196 valence electrons. The summed E-state index contributed by atoms with van der Waals surface area (Å²) in [7, 11) is -3.49. The molecule has 1 aromatic heterocycles. The van der Waals surface area contributed by atoms with Crippen molar-refractivity contribution in [1.29, 1.82) is 0 Å². The van der Waals surface area contributed by atoms with E-state index in [1.54, 1.807) is 0 Å². The van der Waals surface area contributed by atoms with Gasteiger partial charge in [-0.1, -0.05) is 20.8 Å². The van der Waals surface area contributed by atoms with Crippen LogP contribution in [0.5, 0.6) is 0 Å². The van der Waals surface area contributed by atoms with Crippen molar-refractivity contribution >= 4 is 21.7 Å². The third-order valence-corrected chi connectivity index (χ3v) is 8.50. The summed E-state index contributed by atoms with van der Waals surface area (Å²) in [6.45, 7) is 8.39. The topological polar surface area (TPSA) is 128 Å². The normalized spacial score (nSPS) is 17.9. The fraction of sp³-hybridized carbons (Fsp3) is 0.577. The number of hydrogen-bond acceptors (Lipinski definition) is 6. The molecule has 1 fully saturated rings. The minimum atomic E-state index is -3.49. The third kappa shape index (κ3) is 5.34. The fourth-order valence-corrected chi connectivity index (χ4v) is 6.11. The van der Waals surface area contributed by atoms with E-state index in [1.165, 1.54) is 18.2 Å². The van der Waals surface area contributed by atoms with Crippen molar-refractivity contribution in [2.24, 2.45) is 10.8 Å². The standard InChI is InChI=1S/C26H35N3O6S/c1-5-20-22-21(14-26(15-27-23(22)30)8-10-35-11-9-26)29(28-20)16-25(2,3)13-17-12-18(36(4,33)34)6-7-19(17)24(31)32/h6-7,12H,5,8-11,13-16H2,1-4H3,(H,27,30)(H,31,32). The molecule has 4 rings (SSSR count). The Hall–Kier alpha value is -2.72. The maximum absolute atomic E-state index is 13.1. The molecule has 1 spiro atoms. The Labute approximate surface area is 212 Å². The minimum Gasteiger partial charge on any atom is -0.478 e. The number of carboxylic acids is 1. The number of nitrogens with zero attached hydrogens (tertiary/aromatic N) is 2. The molecule has 3 heterocycles. The van der Waals surface area contributed by atoms with Gasteiger partial charge in [0.05, 0.1) is 27.4 Å². The van der Waals surface area contributed by atoms with Gasteiger partial charge in [-0.2, -0.15) is 5.10 Å². The summed E-state index contributed by atoms with van der Waals surface area (Å²) in [4.78, 5) is 25.1. The van der Waals surface area contributed by atoms with Crippen LogP contribution in [0.15, 0.2) is 23.1 Å². The first-order valence-electron chi connectivity index (χ1n) is 12.3. The summed E-state index contributed by atoms with van der Waals surface area (Å²) >= 11 is 0. The number of aromatic carboxylic acids is 1. The molecule has 0 atom stereocenters. The summed E-state index contributed by atoms with van der Waals surface area (Å²) in [5, 5.41) is 17.7. The van der Waals surface area contributed by atoms with Crippen molar-refractivity contribution in [3.05, 3.63) is 46.3 Å². The second kappa shape index (κ2) is 9.63. The SMILES string of the molecule is CCc1nn(CC(C)(C)Cc2cc(S(C)(=O)=O)ccc2C(=O)O)c2c1C(=O)NCC1(CCOCC1)C2. The van der Waals surface area contributed by atoms with E-state index in [4.69, 9.17) is 9.84 Å². The number of carbonyl (C=O) groups is 2. The molecule has 0 saturated carbocycles. The first-order valence-corrected chi connectivity index (χ1v) is 14.2. The van der Waals surface area contributed by atoms with Gasteiger partial charge in [0.25, 0.3) is 5.91 Å². The molecule has 2 aliphatic heterocycles. The molecule has 0 unspecified atom stereocenters. The lowest BCUT2D eigenvalue weighted by Crippen LogP contribution is -2.41. The van der Waals surface area contributed by atoms with Gasteiger partial charge in [-0.15, -0.1) is 0 Å². The zero-order valence-electron chi connectivity index (χ0n) is 21.4. The van der Waals surface area contributed by atoms with Crippen LogP contribution in [0.3, 0.4) is 0 Å². The molecule has 2 aromatic rings. The monoisotopic (exact) mass is 517 g/mol. The zero-order chi connectivity index (χ0) is 26.3. The maximum Gasteiger partial charge on any atom is 0.335 e. The quantitative estimate of drug-likeness (QED) is 0.578. The molecule has 2 N–H and O–H groups in total. The van der Waals surface area contributed by atoms with Crippen molar-refractivity contribution in [2.45, 2.75) is 64.3 Å². The van der Waals surface area contributed by atoms with Crippen LogP contribution in [0.4, 0.5) is 0 Å². The van der Waals surface area contributed by atoms with Crippen LogP contribution < -0.4 is 5.32 Å². The molecule has 2 aliphatic rings. The van der Waals surface area contributed by atoms with E-state index in [0.717, 1.165) is 36.9 Å². The number of sulfone groups is 1. The number of nitrogens with one attached hydrogen (secondary N) is 1. The Morgan fingerprint density at radius 3 is 2.58 bits per heavy atom. The van der Waals surface area contributed by atoms with E-state index in [0.29, 0.717) is 50.3 Å². The van der Waals surface area contributed by atoms with E-state index in [-0.39, 0.29) is 21.8 Å². The van der Waals surface area contributed by atoms with Gasteiger partial charge in [0, 0.05) is 32.6 Å². The van der Waals surface area contributed by atoms with Gasteiger partial charge in [0.1, 0.15) is 0 Å². The van der Waals surface area contributed by atoms with E-state index in [1.807, 2.05) is 25.5 Å². The highest BCUT2D eigenvalue weighted by molar-refractivity contribution is 7.90. The Kier molecular flexibility index (Phi) is 7.04. The first-order chi connectivity index (χ1) is 16.8. The number of aryl methyl sites for hydroxylation is 1. The molecule has 1 aromatic carbocycles. The van der Waals surface area contributed by atoms with Crippen LogP contribution in [0.1, 0.15) is 71.3 Å². The van der Waals surface area contributed by atoms with Crippen LogP contribution in [-0.4, -0.2) is 61.2 Å². The smallest absolute Gasteiger partial charge is 0.335 e. The Balaban J connectivity index is 1.71. The van der Waals surface area contributed by atoms with Gasteiger partial charge in [0.15, 0.2) is 9.84 Å². The van der Waals surface area contributed by atoms with Gasteiger partial charge >= 0.3 is 5.97 Å². The Bertz CT molecular complexity index is 1290. The predicted octanol–water partition coefficient (Wildman–Crippen LogP) is 2.90. The van der Waals surface area contributed by atoms with Crippen LogP contribution in [-0.2, 0) is 40.4 Å². The molecular formula is C26H35N3O6S. The van der Waals surface area contributed by atoms with Crippen LogP contribution in [0.2, 0.25) is 0 Å². The lowest BCUT2D eigenvalue weighted by atomic mass is 9.76. The number of benzene rings is 1. The molecule has 0 radical (unpaired) electrons. The summed E-state index contributed by atoms with van der Waals surface area (Å²) in [6, 6.07) is 4.16. The second-order valence-electron chi connectivity index (χ2n) is 11.0. The van der Waals surface area contributed by atoms with Crippen molar-refractivity contribution in [3.8, 4) is 0 Å².